The molecule has 0 spiro atoms. The number of aryl methyl sites for hydroxylation is 1. The van der Waals surface area contributed by atoms with Crippen LogP contribution in [0.15, 0.2) is 15.8 Å². The van der Waals surface area contributed by atoms with E-state index >= 15 is 0 Å². The predicted octanol–water partition coefficient (Wildman–Crippen LogP) is 0.189. The van der Waals surface area contributed by atoms with Crippen molar-refractivity contribution in [1.82, 2.24) is 9.55 Å². The van der Waals surface area contributed by atoms with Crippen molar-refractivity contribution < 1.29 is 41.5 Å². The molecule has 0 saturated carbocycles. The third kappa shape index (κ3) is 5.25. The van der Waals surface area contributed by atoms with Crippen LogP contribution in [0.2, 0.25) is 0 Å². The van der Waals surface area contributed by atoms with Gasteiger partial charge < -0.3 is 14.7 Å². The van der Waals surface area contributed by atoms with Gasteiger partial charge in [-0.3, -0.25) is 23.4 Å². The minimum absolute atomic E-state index is 0.180. The minimum atomic E-state index is -5.09. The third-order valence-corrected chi connectivity index (χ3v) is 4.47. The number of hydrogen-bond acceptors (Lipinski definition) is 7. The summed E-state index contributed by atoms with van der Waals surface area (Å²) in [5.41, 5.74) is -1.26. The Labute approximate surface area is 143 Å². The molecule has 0 radical (unpaired) electrons. The average molecular weight is 404 g/mol. The molecule has 148 valence electrons. The number of aliphatic hydroxyl groups excluding tert-OH is 1. The highest BCUT2D eigenvalue weighted by Gasteiger charge is 2.43. The Morgan fingerprint density at radius 3 is 2.69 bits per heavy atom. The van der Waals surface area contributed by atoms with Gasteiger partial charge in [-0.1, -0.05) is 0 Å². The second kappa shape index (κ2) is 7.62. The zero-order valence-corrected chi connectivity index (χ0v) is 14.2. The fourth-order valence-corrected chi connectivity index (χ4v) is 3.24. The smallest absolute Gasteiger partial charge is 0.394 e. The van der Waals surface area contributed by atoms with E-state index in [9.17, 15) is 37.3 Å². The topological polar surface area (TPSA) is 140 Å². The highest BCUT2D eigenvalue weighted by molar-refractivity contribution is 7.47. The lowest BCUT2D eigenvalue weighted by Gasteiger charge is -2.20. The van der Waals surface area contributed by atoms with Crippen LogP contribution in [0.5, 0.6) is 0 Å². The first-order chi connectivity index (χ1) is 11.9. The number of halogens is 3. The lowest BCUT2D eigenvalue weighted by Crippen LogP contribution is -2.33. The number of nitrogens with zero attached hydrogens (tertiary/aromatic N) is 1. The normalized spacial score (nSPS) is 26.0. The first-order valence-electron chi connectivity index (χ1n) is 7.23. The van der Waals surface area contributed by atoms with Crippen LogP contribution in [0.4, 0.5) is 13.2 Å². The zero-order valence-electron chi connectivity index (χ0n) is 13.3. The van der Waals surface area contributed by atoms with Crippen LogP contribution in [0.1, 0.15) is 18.2 Å². The van der Waals surface area contributed by atoms with E-state index in [2.05, 4.69) is 9.05 Å². The summed E-state index contributed by atoms with van der Waals surface area (Å²) in [5, 5.41) is 9.28. The number of ether oxygens (including phenoxy) is 1. The number of hydrogen-bond donors (Lipinski definition) is 3. The van der Waals surface area contributed by atoms with Crippen LogP contribution in [-0.4, -0.2) is 51.1 Å². The fraction of sp³-hybridized carbons (Fsp3) is 0.667. The highest BCUT2D eigenvalue weighted by Crippen LogP contribution is 2.49. The summed E-state index contributed by atoms with van der Waals surface area (Å²) in [6, 6.07) is 0. The molecule has 1 fully saturated rings. The summed E-state index contributed by atoms with van der Waals surface area (Å²) in [4.78, 5) is 34.7. The number of aromatic nitrogens is 2. The maximum atomic E-state index is 12.1. The molecule has 1 unspecified atom stereocenters. The van der Waals surface area contributed by atoms with Crippen LogP contribution in [0.25, 0.3) is 0 Å². The van der Waals surface area contributed by atoms with Crippen molar-refractivity contribution in [1.29, 1.82) is 0 Å². The molecular formula is C12H16F3N2O8P. The molecule has 2 heterocycles. The number of aromatic amines is 1. The van der Waals surface area contributed by atoms with E-state index in [-0.39, 0.29) is 12.0 Å². The molecule has 0 bridgehead atoms. The maximum Gasteiger partial charge on any atom is 0.472 e. The number of aliphatic hydroxyl groups is 1. The van der Waals surface area contributed by atoms with Gasteiger partial charge in [-0.15, -0.1) is 0 Å². The first-order valence-corrected chi connectivity index (χ1v) is 8.72. The van der Waals surface area contributed by atoms with Gasteiger partial charge in [0.1, 0.15) is 18.4 Å². The molecule has 0 aromatic carbocycles. The van der Waals surface area contributed by atoms with Crippen molar-refractivity contribution in [2.24, 2.45) is 0 Å². The fourth-order valence-electron chi connectivity index (χ4n) is 2.30. The van der Waals surface area contributed by atoms with Crippen molar-refractivity contribution in [3.05, 3.63) is 32.6 Å². The lowest BCUT2D eigenvalue weighted by molar-refractivity contribution is -0.158. The van der Waals surface area contributed by atoms with Crippen molar-refractivity contribution in [2.45, 2.75) is 38.0 Å². The highest BCUT2D eigenvalue weighted by atomic mass is 31.2. The Hall–Kier alpha value is -1.50. The summed E-state index contributed by atoms with van der Waals surface area (Å²) in [6.07, 6.45) is -7.52. The van der Waals surface area contributed by atoms with E-state index in [0.29, 0.717) is 0 Å². The van der Waals surface area contributed by atoms with Gasteiger partial charge in [-0.25, -0.2) is 9.36 Å². The van der Waals surface area contributed by atoms with Gasteiger partial charge in [0, 0.05) is 18.2 Å². The lowest BCUT2D eigenvalue weighted by atomic mass is 10.2. The Morgan fingerprint density at radius 2 is 2.12 bits per heavy atom. The van der Waals surface area contributed by atoms with Gasteiger partial charge in [0.15, 0.2) is 6.61 Å². The molecule has 1 aliphatic heterocycles. The molecule has 1 aliphatic rings. The summed E-state index contributed by atoms with van der Waals surface area (Å²) >= 11 is 0. The Bertz CT molecular complexity index is 807. The SMILES string of the molecule is Cc1cn([C@H]2C[C@H](OP(=O)(O)OCC(F)(F)F)[C@@H](CO)O2)c(=O)[nH]c1=O. The van der Waals surface area contributed by atoms with Crippen molar-refractivity contribution in [3.8, 4) is 0 Å². The largest absolute Gasteiger partial charge is 0.472 e. The van der Waals surface area contributed by atoms with Gasteiger partial charge >= 0.3 is 19.7 Å². The van der Waals surface area contributed by atoms with Crippen LogP contribution in [0, 0.1) is 6.92 Å². The number of nitrogens with one attached hydrogen (secondary N) is 1. The van der Waals surface area contributed by atoms with E-state index in [1.54, 1.807) is 0 Å². The summed E-state index contributed by atoms with van der Waals surface area (Å²) in [5.74, 6) is 0. The van der Waals surface area contributed by atoms with E-state index in [1.807, 2.05) is 4.98 Å². The van der Waals surface area contributed by atoms with Crippen LogP contribution < -0.4 is 11.2 Å². The molecule has 1 aromatic heterocycles. The van der Waals surface area contributed by atoms with Gasteiger partial charge in [-0.2, -0.15) is 13.2 Å². The van der Waals surface area contributed by atoms with Crippen LogP contribution in [-0.2, 0) is 18.3 Å². The van der Waals surface area contributed by atoms with Crippen molar-refractivity contribution >= 4 is 7.82 Å². The maximum absolute atomic E-state index is 12.1. The van der Waals surface area contributed by atoms with Gasteiger partial charge in [0.25, 0.3) is 5.56 Å². The van der Waals surface area contributed by atoms with Crippen molar-refractivity contribution in [2.75, 3.05) is 13.2 Å². The summed E-state index contributed by atoms with van der Waals surface area (Å²) < 4.78 is 62.8. The monoisotopic (exact) mass is 404 g/mol. The molecule has 10 nitrogen and oxygen atoms in total. The summed E-state index contributed by atoms with van der Waals surface area (Å²) in [7, 11) is -5.09. The molecular weight excluding hydrogens is 388 g/mol. The Morgan fingerprint density at radius 1 is 1.46 bits per heavy atom. The van der Waals surface area contributed by atoms with E-state index in [0.717, 1.165) is 4.57 Å². The van der Waals surface area contributed by atoms with Crippen LogP contribution in [0.3, 0.4) is 0 Å². The molecule has 0 aliphatic carbocycles. The standard InChI is InChI=1S/C12H16F3N2O8P/c1-6-3-17(11(20)16-10(6)19)9-2-7(8(4-18)24-9)25-26(21,22)23-5-12(13,14)15/h3,7-9,18H,2,4-5H2,1H3,(H,21,22)(H,16,19,20)/t7-,8+,9+/m0/s1. The molecule has 4 atom stereocenters. The van der Waals surface area contributed by atoms with E-state index in [1.165, 1.54) is 13.1 Å². The Balaban J connectivity index is 2.14. The van der Waals surface area contributed by atoms with E-state index < -0.39 is 56.9 Å². The molecule has 26 heavy (non-hydrogen) atoms. The number of H-pyrrole nitrogens is 1. The predicted molar refractivity (Wildman–Crippen MR) is 78.4 cm³/mol. The summed E-state index contributed by atoms with van der Waals surface area (Å²) in [6.45, 7) is -1.27. The minimum Gasteiger partial charge on any atom is -0.394 e. The van der Waals surface area contributed by atoms with E-state index in [4.69, 9.17) is 4.74 Å². The average Bonchev–Trinajstić information content (AvgIpc) is 2.90. The number of phosphoric acid groups is 1. The molecule has 3 N–H and O–H groups in total. The second-order valence-corrected chi connectivity index (χ2v) is 6.93. The Kier molecular flexibility index (Phi) is 6.10. The zero-order chi connectivity index (χ0) is 19.7. The van der Waals surface area contributed by atoms with Gasteiger partial charge in [0.2, 0.25) is 0 Å². The molecule has 2 rings (SSSR count). The molecule has 14 heteroatoms. The number of alkyl halides is 3. The van der Waals surface area contributed by atoms with Crippen LogP contribution >= 0.6 is 7.82 Å². The molecule has 1 aromatic rings. The number of rotatable bonds is 6. The second-order valence-electron chi connectivity index (χ2n) is 5.53. The molecule has 0 amide bonds. The number of phosphoric ester groups is 1. The van der Waals surface area contributed by atoms with Crippen molar-refractivity contribution in [3.63, 3.8) is 0 Å². The first kappa shape index (κ1) is 20.8. The quantitative estimate of drug-likeness (QED) is 0.571. The molecule has 1 saturated heterocycles. The third-order valence-electron chi connectivity index (χ3n) is 3.48. The van der Waals surface area contributed by atoms with Gasteiger partial charge in [0.05, 0.1) is 6.61 Å². The van der Waals surface area contributed by atoms with Gasteiger partial charge in [-0.05, 0) is 6.92 Å².